The van der Waals surface area contributed by atoms with Crippen molar-refractivity contribution >= 4 is 29.9 Å². The SMILES string of the molecule is Cc1cccc(F)c1NC(=O)CNC(=O)[C@@H](N)C(C)C.Cl. The van der Waals surface area contributed by atoms with Gasteiger partial charge in [0.2, 0.25) is 11.8 Å². The number of anilines is 1. The second-order valence-corrected chi connectivity index (χ2v) is 4.97. The number of nitrogens with two attached hydrogens (primary N) is 1. The highest BCUT2D eigenvalue weighted by molar-refractivity contribution is 5.95. The van der Waals surface area contributed by atoms with Gasteiger partial charge in [-0.05, 0) is 24.5 Å². The summed E-state index contributed by atoms with van der Waals surface area (Å²) < 4.78 is 13.5. The van der Waals surface area contributed by atoms with Crippen LogP contribution in [-0.2, 0) is 9.59 Å². The number of carbonyl (C=O) groups excluding carboxylic acids is 2. The van der Waals surface area contributed by atoms with Crippen molar-refractivity contribution in [1.29, 1.82) is 0 Å². The van der Waals surface area contributed by atoms with E-state index in [1.807, 2.05) is 13.8 Å². The summed E-state index contributed by atoms with van der Waals surface area (Å²) in [5, 5.41) is 4.86. The van der Waals surface area contributed by atoms with Crippen LogP contribution in [0.5, 0.6) is 0 Å². The molecule has 0 heterocycles. The van der Waals surface area contributed by atoms with Crippen LogP contribution < -0.4 is 16.4 Å². The molecule has 7 heteroatoms. The lowest BCUT2D eigenvalue weighted by molar-refractivity contribution is -0.125. The number of hydrogen-bond donors (Lipinski definition) is 3. The summed E-state index contributed by atoms with van der Waals surface area (Å²) in [5.41, 5.74) is 6.38. The Balaban J connectivity index is 0.00000400. The van der Waals surface area contributed by atoms with Crippen LogP contribution in [0.2, 0.25) is 0 Å². The number of aryl methyl sites for hydroxylation is 1. The number of halogens is 2. The second kappa shape index (κ2) is 8.59. The molecule has 1 aromatic rings. The lowest BCUT2D eigenvalue weighted by Crippen LogP contribution is -2.46. The highest BCUT2D eigenvalue weighted by Crippen LogP contribution is 2.18. The number of hydrogen-bond acceptors (Lipinski definition) is 3. The molecule has 0 unspecified atom stereocenters. The molecule has 118 valence electrons. The van der Waals surface area contributed by atoms with Crippen molar-refractivity contribution in [3.8, 4) is 0 Å². The zero-order chi connectivity index (χ0) is 15.3. The first kappa shape index (κ1) is 19.3. The van der Waals surface area contributed by atoms with Gasteiger partial charge in [0.15, 0.2) is 0 Å². The Morgan fingerprint density at radius 2 is 1.95 bits per heavy atom. The Hall–Kier alpha value is -1.66. The van der Waals surface area contributed by atoms with Gasteiger partial charge in [-0.25, -0.2) is 4.39 Å². The Kier molecular flexibility index (Phi) is 7.91. The minimum Gasteiger partial charge on any atom is -0.346 e. The van der Waals surface area contributed by atoms with Crippen LogP contribution in [0, 0.1) is 18.7 Å². The van der Waals surface area contributed by atoms with E-state index in [2.05, 4.69) is 10.6 Å². The first-order chi connectivity index (χ1) is 9.32. The van der Waals surface area contributed by atoms with E-state index >= 15 is 0 Å². The number of nitrogens with one attached hydrogen (secondary N) is 2. The fourth-order valence-corrected chi connectivity index (χ4v) is 1.56. The molecule has 5 nitrogen and oxygen atoms in total. The van der Waals surface area contributed by atoms with Gasteiger partial charge in [0.05, 0.1) is 18.3 Å². The maximum atomic E-state index is 13.5. The standard InChI is InChI=1S/C14H20FN3O2.ClH/c1-8(2)12(16)14(20)17-7-11(19)18-13-9(3)5-4-6-10(13)15;/h4-6,8,12H,7,16H2,1-3H3,(H,17,20)(H,18,19);1H/t12-;/m0./s1. The summed E-state index contributed by atoms with van der Waals surface area (Å²) in [7, 11) is 0. The molecule has 1 aromatic carbocycles. The molecule has 0 bridgehead atoms. The van der Waals surface area contributed by atoms with E-state index in [-0.39, 0.29) is 30.6 Å². The van der Waals surface area contributed by atoms with Gasteiger partial charge in [0.25, 0.3) is 0 Å². The maximum absolute atomic E-state index is 13.5. The van der Waals surface area contributed by atoms with Gasteiger partial charge in [0, 0.05) is 0 Å². The van der Waals surface area contributed by atoms with Crippen molar-refractivity contribution in [3.05, 3.63) is 29.6 Å². The average molecular weight is 318 g/mol. The van der Waals surface area contributed by atoms with Gasteiger partial charge >= 0.3 is 0 Å². The van der Waals surface area contributed by atoms with E-state index in [4.69, 9.17) is 5.73 Å². The fourth-order valence-electron chi connectivity index (χ4n) is 1.56. The summed E-state index contributed by atoms with van der Waals surface area (Å²) >= 11 is 0. The monoisotopic (exact) mass is 317 g/mol. The van der Waals surface area contributed by atoms with E-state index in [9.17, 15) is 14.0 Å². The topological polar surface area (TPSA) is 84.2 Å². The summed E-state index contributed by atoms with van der Waals surface area (Å²) in [6.07, 6.45) is 0. The number of para-hydroxylation sites is 1. The smallest absolute Gasteiger partial charge is 0.243 e. The summed E-state index contributed by atoms with van der Waals surface area (Å²) in [4.78, 5) is 23.3. The Morgan fingerprint density at radius 1 is 1.33 bits per heavy atom. The van der Waals surface area contributed by atoms with Gasteiger partial charge in [-0.2, -0.15) is 0 Å². The molecule has 0 aliphatic carbocycles. The average Bonchev–Trinajstić information content (AvgIpc) is 2.39. The molecule has 0 fully saturated rings. The lowest BCUT2D eigenvalue weighted by Gasteiger charge is -2.15. The van der Waals surface area contributed by atoms with Crippen LogP contribution in [0.1, 0.15) is 19.4 Å². The Bertz CT molecular complexity index is 489. The largest absolute Gasteiger partial charge is 0.346 e. The van der Waals surface area contributed by atoms with E-state index in [0.29, 0.717) is 5.56 Å². The van der Waals surface area contributed by atoms with Crippen LogP contribution >= 0.6 is 12.4 Å². The molecule has 0 radical (unpaired) electrons. The van der Waals surface area contributed by atoms with Crippen molar-refractivity contribution in [2.45, 2.75) is 26.8 Å². The van der Waals surface area contributed by atoms with Gasteiger partial charge in [0.1, 0.15) is 5.82 Å². The van der Waals surface area contributed by atoms with Crippen LogP contribution in [0.4, 0.5) is 10.1 Å². The molecule has 0 aromatic heterocycles. The number of carbonyl (C=O) groups is 2. The van der Waals surface area contributed by atoms with Crippen LogP contribution in [0.15, 0.2) is 18.2 Å². The first-order valence-electron chi connectivity index (χ1n) is 6.41. The predicted octanol–water partition coefficient (Wildman–Crippen LogP) is 1.59. The molecule has 0 saturated carbocycles. The fraction of sp³-hybridized carbons (Fsp3) is 0.429. The van der Waals surface area contributed by atoms with Crippen LogP contribution in [0.25, 0.3) is 0 Å². The minimum absolute atomic E-state index is 0. The molecular weight excluding hydrogens is 297 g/mol. The third-order valence-electron chi connectivity index (χ3n) is 2.93. The van der Waals surface area contributed by atoms with Gasteiger partial charge < -0.3 is 16.4 Å². The van der Waals surface area contributed by atoms with Crippen LogP contribution in [-0.4, -0.2) is 24.4 Å². The molecule has 0 aliphatic heterocycles. The summed E-state index contributed by atoms with van der Waals surface area (Å²) in [6, 6.07) is 3.84. The van der Waals surface area contributed by atoms with Gasteiger partial charge in [-0.15, -0.1) is 12.4 Å². The highest BCUT2D eigenvalue weighted by atomic mass is 35.5. The number of rotatable bonds is 5. The molecule has 4 N–H and O–H groups in total. The van der Waals surface area contributed by atoms with E-state index < -0.39 is 23.7 Å². The summed E-state index contributed by atoms with van der Waals surface area (Å²) in [6.45, 7) is 5.07. The number of amides is 2. The van der Waals surface area contributed by atoms with Crippen molar-refractivity contribution in [2.75, 3.05) is 11.9 Å². The third kappa shape index (κ3) is 5.69. The molecule has 0 aliphatic rings. The molecule has 1 atom stereocenters. The quantitative estimate of drug-likeness (QED) is 0.771. The molecule has 0 saturated heterocycles. The Labute approximate surface area is 129 Å². The molecule has 21 heavy (non-hydrogen) atoms. The van der Waals surface area contributed by atoms with E-state index in [1.165, 1.54) is 6.07 Å². The van der Waals surface area contributed by atoms with Crippen molar-refractivity contribution < 1.29 is 14.0 Å². The first-order valence-corrected chi connectivity index (χ1v) is 6.41. The molecule has 0 spiro atoms. The van der Waals surface area contributed by atoms with Gasteiger partial charge in [-0.3, -0.25) is 9.59 Å². The second-order valence-electron chi connectivity index (χ2n) is 4.97. The Morgan fingerprint density at radius 3 is 2.48 bits per heavy atom. The van der Waals surface area contributed by atoms with Crippen molar-refractivity contribution in [1.82, 2.24) is 5.32 Å². The molecule has 1 rings (SSSR count). The van der Waals surface area contributed by atoms with Crippen molar-refractivity contribution in [3.63, 3.8) is 0 Å². The van der Waals surface area contributed by atoms with E-state index in [1.54, 1.807) is 19.1 Å². The zero-order valence-corrected chi connectivity index (χ0v) is 13.1. The normalized spacial score (nSPS) is 11.5. The highest BCUT2D eigenvalue weighted by Gasteiger charge is 2.18. The molecular formula is C14H21ClFN3O2. The predicted molar refractivity (Wildman–Crippen MR) is 82.8 cm³/mol. The third-order valence-corrected chi connectivity index (χ3v) is 2.93. The maximum Gasteiger partial charge on any atom is 0.243 e. The van der Waals surface area contributed by atoms with E-state index in [0.717, 1.165) is 0 Å². The van der Waals surface area contributed by atoms with Crippen LogP contribution in [0.3, 0.4) is 0 Å². The van der Waals surface area contributed by atoms with Gasteiger partial charge in [-0.1, -0.05) is 26.0 Å². The zero-order valence-electron chi connectivity index (χ0n) is 12.3. The number of benzene rings is 1. The summed E-state index contributed by atoms with van der Waals surface area (Å²) in [5.74, 6) is -1.43. The minimum atomic E-state index is -0.669. The van der Waals surface area contributed by atoms with Crippen molar-refractivity contribution in [2.24, 2.45) is 11.7 Å². The lowest BCUT2D eigenvalue weighted by atomic mass is 10.1. The molecule has 2 amide bonds.